The van der Waals surface area contributed by atoms with Crippen LogP contribution in [0.5, 0.6) is 0 Å². The molecule has 1 fully saturated rings. The van der Waals surface area contributed by atoms with Gasteiger partial charge < -0.3 is 10.2 Å². The second-order valence-corrected chi connectivity index (χ2v) is 7.25. The predicted octanol–water partition coefficient (Wildman–Crippen LogP) is 4.17. The number of nitrogens with one attached hydrogen (secondary N) is 1. The topological polar surface area (TPSA) is 62.3 Å². The fourth-order valence-corrected chi connectivity index (χ4v) is 3.67. The van der Waals surface area contributed by atoms with Gasteiger partial charge in [-0.05, 0) is 23.6 Å². The van der Waals surface area contributed by atoms with Crippen LogP contribution in [0.3, 0.4) is 0 Å². The summed E-state index contributed by atoms with van der Waals surface area (Å²) in [5.74, 6) is 0.650. The summed E-state index contributed by atoms with van der Waals surface area (Å²) in [6.45, 7) is 0.633. The molecule has 146 valence electrons. The van der Waals surface area contributed by atoms with Gasteiger partial charge in [0, 0.05) is 43.3 Å². The molecule has 2 aromatic carbocycles. The fourth-order valence-electron chi connectivity index (χ4n) is 3.67. The molecule has 0 saturated carbocycles. The maximum absolute atomic E-state index is 12.6. The molecule has 1 aromatic heterocycles. The third-order valence-corrected chi connectivity index (χ3v) is 5.20. The van der Waals surface area contributed by atoms with Crippen molar-refractivity contribution in [2.24, 2.45) is 0 Å². The maximum Gasteiger partial charge on any atom is 0.227 e. The first-order chi connectivity index (χ1) is 14.2. The van der Waals surface area contributed by atoms with Gasteiger partial charge in [0.1, 0.15) is 5.82 Å². The van der Waals surface area contributed by atoms with Crippen LogP contribution in [-0.2, 0) is 16.0 Å². The normalized spacial score (nSPS) is 16.1. The van der Waals surface area contributed by atoms with E-state index in [2.05, 4.69) is 22.4 Å². The van der Waals surface area contributed by atoms with Crippen LogP contribution in [0.15, 0.2) is 79.0 Å². The number of carbonyl (C=O) groups is 2. The average molecular weight is 385 g/mol. The predicted molar refractivity (Wildman–Crippen MR) is 114 cm³/mol. The zero-order valence-electron chi connectivity index (χ0n) is 16.1. The van der Waals surface area contributed by atoms with Gasteiger partial charge in [-0.3, -0.25) is 9.59 Å². The van der Waals surface area contributed by atoms with Crippen molar-refractivity contribution in [3.05, 3.63) is 90.1 Å². The molecule has 5 heteroatoms. The van der Waals surface area contributed by atoms with Crippen molar-refractivity contribution >= 4 is 23.3 Å². The number of amides is 2. The zero-order valence-corrected chi connectivity index (χ0v) is 16.1. The molecule has 1 aliphatic heterocycles. The van der Waals surface area contributed by atoms with Crippen LogP contribution in [0.25, 0.3) is 0 Å². The number of hydrogen-bond acceptors (Lipinski definition) is 3. The quantitative estimate of drug-likeness (QED) is 0.693. The molecule has 3 aromatic rings. The van der Waals surface area contributed by atoms with Gasteiger partial charge in [-0.15, -0.1) is 0 Å². The molecule has 2 amide bonds. The standard InChI is InChI=1S/C24H23N3O2/c28-23(12-11-18-7-3-1-4-8-18)26-22-16-21(13-14-25-22)27-17-20(15-24(27)29)19-9-5-2-6-10-19/h1-10,13-14,16,20H,11-12,15,17H2,(H,25,26,28). The lowest BCUT2D eigenvalue weighted by atomic mass is 9.99. The van der Waals surface area contributed by atoms with E-state index in [0.29, 0.717) is 31.6 Å². The molecule has 1 N–H and O–H groups in total. The number of anilines is 2. The molecular weight excluding hydrogens is 362 g/mol. The highest BCUT2D eigenvalue weighted by atomic mass is 16.2. The Labute approximate surface area is 170 Å². The summed E-state index contributed by atoms with van der Waals surface area (Å²) in [7, 11) is 0. The molecule has 29 heavy (non-hydrogen) atoms. The Hall–Kier alpha value is -3.47. The third-order valence-electron chi connectivity index (χ3n) is 5.20. The van der Waals surface area contributed by atoms with Crippen molar-refractivity contribution < 1.29 is 9.59 Å². The molecule has 0 aliphatic carbocycles. The van der Waals surface area contributed by atoms with Crippen LogP contribution in [0, 0.1) is 0 Å². The Kier molecular flexibility index (Phi) is 5.66. The SMILES string of the molecule is O=C(CCc1ccccc1)Nc1cc(N2CC(c3ccccc3)CC2=O)ccn1. The van der Waals surface area contributed by atoms with Crippen LogP contribution in [-0.4, -0.2) is 23.3 Å². The minimum absolute atomic E-state index is 0.0893. The monoisotopic (exact) mass is 385 g/mol. The summed E-state index contributed by atoms with van der Waals surface area (Å²) in [4.78, 5) is 30.9. The minimum atomic E-state index is -0.0894. The summed E-state index contributed by atoms with van der Waals surface area (Å²) < 4.78 is 0. The minimum Gasteiger partial charge on any atom is -0.312 e. The number of benzene rings is 2. The second kappa shape index (κ2) is 8.69. The summed E-state index contributed by atoms with van der Waals surface area (Å²) in [5, 5.41) is 2.85. The number of hydrogen-bond donors (Lipinski definition) is 1. The second-order valence-electron chi connectivity index (χ2n) is 7.25. The highest BCUT2D eigenvalue weighted by Crippen LogP contribution is 2.32. The summed E-state index contributed by atoms with van der Waals surface area (Å²) in [6.07, 6.45) is 3.18. The number of aromatic nitrogens is 1. The molecule has 1 saturated heterocycles. The molecule has 4 rings (SSSR count). The van der Waals surface area contributed by atoms with Gasteiger partial charge in [0.15, 0.2) is 0 Å². The highest BCUT2D eigenvalue weighted by molar-refractivity contribution is 5.97. The fraction of sp³-hybridized carbons (Fsp3) is 0.208. The van der Waals surface area contributed by atoms with E-state index >= 15 is 0 Å². The molecule has 0 spiro atoms. The van der Waals surface area contributed by atoms with E-state index in [-0.39, 0.29) is 17.7 Å². The van der Waals surface area contributed by atoms with E-state index in [9.17, 15) is 9.59 Å². The van der Waals surface area contributed by atoms with Crippen LogP contribution >= 0.6 is 0 Å². The first-order valence-corrected chi connectivity index (χ1v) is 9.84. The Bertz CT molecular complexity index is 989. The van der Waals surface area contributed by atoms with E-state index in [0.717, 1.165) is 11.3 Å². The molecular formula is C24H23N3O2. The molecule has 0 radical (unpaired) electrons. The first-order valence-electron chi connectivity index (χ1n) is 9.84. The van der Waals surface area contributed by atoms with E-state index < -0.39 is 0 Å². The maximum atomic E-state index is 12.6. The highest BCUT2D eigenvalue weighted by Gasteiger charge is 2.31. The van der Waals surface area contributed by atoms with Gasteiger partial charge in [-0.25, -0.2) is 4.98 Å². The van der Waals surface area contributed by atoms with E-state index in [4.69, 9.17) is 0 Å². The number of rotatable bonds is 6. The molecule has 5 nitrogen and oxygen atoms in total. The lowest BCUT2D eigenvalue weighted by molar-refractivity contribution is -0.117. The Morgan fingerprint density at radius 3 is 2.52 bits per heavy atom. The number of carbonyl (C=O) groups excluding carboxylic acids is 2. The van der Waals surface area contributed by atoms with Crippen molar-refractivity contribution in [2.75, 3.05) is 16.8 Å². The van der Waals surface area contributed by atoms with E-state index in [1.807, 2.05) is 54.6 Å². The number of nitrogens with zero attached hydrogens (tertiary/aromatic N) is 2. The number of aryl methyl sites for hydroxylation is 1. The Balaban J connectivity index is 1.39. The van der Waals surface area contributed by atoms with Crippen LogP contribution < -0.4 is 10.2 Å². The van der Waals surface area contributed by atoms with E-state index in [1.165, 1.54) is 5.56 Å². The Morgan fingerprint density at radius 2 is 1.76 bits per heavy atom. The number of pyridine rings is 1. The Morgan fingerprint density at radius 1 is 1.03 bits per heavy atom. The summed E-state index contributed by atoms with van der Waals surface area (Å²) in [6, 6.07) is 23.6. The van der Waals surface area contributed by atoms with Gasteiger partial charge in [-0.1, -0.05) is 60.7 Å². The van der Waals surface area contributed by atoms with Gasteiger partial charge >= 0.3 is 0 Å². The molecule has 0 bridgehead atoms. The molecule has 1 aliphatic rings. The lowest BCUT2D eigenvalue weighted by Gasteiger charge is -2.17. The van der Waals surface area contributed by atoms with Crippen molar-refractivity contribution in [1.29, 1.82) is 0 Å². The molecule has 2 heterocycles. The van der Waals surface area contributed by atoms with E-state index in [1.54, 1.807) is 17.2 Å². The van der Waals surface area contributed by atoms with Crippen molar-refractivity contribution in [3.8, 4) is 0 Å². The van der Waals surface area contributed by atoms with Crippen LogP contribution in [0.2, 0.25) is 0 Å². The lowest BCUT2D eigenvalue weighted by Crippen LogP contribution is -2.24. The van der Waals surface area contributed by atoms with Crippen molar-refractivity contribution in [1.82, 2.24) is 4.98 Å². The van der Waals surface area contributed by atoms with Crippen molar-refractivity contribution in [3.63, 3.8) is 0 Å². The zero-order chi connectivity index (χ0) is 20.1. The molecule has 1 unspecified atom stereocenters. The molecule has 1 atom stereocenters. The van der Waals surface area contributed by atoms with Gasteiger partial charge in [0.05, 0.1) is 0 Å². The largest absolute Gasteiger partial charge is 0.312 e. The van der Waals surface area contributed by atoms with Gasteiger partial charge in [-0.2, -0.15) is 0 Å². The third kappa shape index (κ3) is 4.69. The summed E-state index contributed by atoms with van der Waals surface area (Å²) in [5.41, 5.74) is 3.06. The first kappa shape index (κ1) is 18.9. The van der Waals surface area contributed by atoms with Crippen LogP contribution in [0.1, 0.15) is 29.9 Å². The van der Waals surface area contributed by atoms with Crippen LogP contribution in [0.4, 0.5) is 11.5 Å². The summed E-state index contributed by atoms with van der Waals surface area (Å²) >= 11 is 0. The van der Waals surface area contributed by atoms with Gasteiger partial charge in [0.25, 0.3) is 0 Å². The van der Waals surface area contributed by atoms with Crippen molar-refractivity contribution in [2.45, 2.75) is 25.2 Å². The smallest absolute Gasteiger partial charge is 0.227 e. The van der Waals surface area contributed by atoms with Gasteiger partial charge in [0.2, 0.25) is 11.8 Å². The average Bonchev–Trinajstić information content (AvgIpc) is 3.15.